The van der Waals surface area contributed by atoms with Crippen molar-refractivity contribution in [1.29, 1.82) is 0 Å². The number of thioether (sulfide) groups is 1. The second kappa shape index (κ2) is 10.4. The summed E-state index contributed by atoms with van der Waals surface area (Å²) in [6.07, 6.45) is -0.0419. The van der Waals surface area contributed by atoms with Gasteiger partial charge in [-0.25, -0.2) is 13.8 Å². The van der Waals surface area contributed by atoms with Crippen molar-refractivity contribution in [3.05, 3.63) is 94.5 Å². The second-order valence-corrected chi connectivity index (χ2v) is 9.32. The molecular weight excluding hydrogens is 480 g/mol. The maximum atomic E-state index is 13.3. The van der Waals surface area contributed by atoms with E-state index in [4.69, 9.17) is 11.6 Å². The summed E-state index contributed by atoms with van der Waals surface area (Å²) >= 11 is 7.29. The van der Waals surface area contributed by atoms with E-state index in [1.165, 1.54) is 41.3 Å². The van der Waals surface area contributed by atoms with Crippen LogP contribution < -0.4 is 5.32 Å². The Balaban J connectivity index is 1.59. The average Bonchev–Trinajstić information content (AvgIpc) is 2.81. The van der Waals surface area contributed by atoms with Crippen LogP contribution in [-0.2, 0) is 16.1 Å². The van der Waals surface area contributed by atoms with Gasteiger partial charge in [0.1, 0.15) is 16.9 Å². The van der Waals surface area contributed by atoms with E-state index in [1.807, 2.05) is 6.92 Å². The summed E-state index contributed by atoms with van der Waals surface area (Å²) in [4.78, 5) is 32.0. The Morgan fingerprint density at radius 2 is 1.74 bits per heavy atom. The van der Waals surface area contributed by atoms with Crippen LogP contribution in [0.2, 0.25) is 5.02 Å². The lowest BCUT2D eigenvalue weighted by Gasteiger charge is -2.32. The van der Waals surface area contributed by atoms with Gasteiger partial charge in [-0.15, -0.1) is 0 Å². The largest absolute Gasteiger partial charge is 0.325 e. The molecule has 34 heavy (non-hydrogen) atoms. The number of nitrogens with one attached hydrogen (secondary N) is 1. The zero-order valence-corrected chi connectivity index (χ0v) is 19.7. The van der Waals surface area contributed by atoms with Crippen molar-refractivity contribution in [2.75, 3.05) is 5.32 Å². The first-order chi connectivity index (χ1) is 16.3. The number of amides is 2. The molecule has 0 aromatic heterocycles. The van der Waals surface area contributed by atoms with E-state index < -0.39 is 11.1 Å². The fraction of sp³-hybridized carbons (Fsp3) is 0.160. The van der Waals surface area contributed by atoms with Gasteiger partial charge in [0.05, 0.1) is 12.2 Å². The summed E-state index contributed by atoms with van der Waals surface area (Å²) in [5.74, 6) is -1.44. The number of aryl methyl sites for hydroxylation is 1. The summed E-state index contributed by atoms with van der Waals surface area (Å²) < 4.78 is 26.7. The third kappa shape index (κ3) is 5.81. The molecule has 3 aromatic rings. The van der Waals surface area contributed by atoms with Crippen molar-refractivity contribution in [2.24, 2.45) is 4.99 Å². The fourth-order valence-corrected chi connectivity index (χ4v) is 4.57. The number of hydrogen-bond donors (Lipinski definition) is 1. The first-order valence-electron chi connectivity index (χ1n) is 10.4. The molecule has 0 aliphatic carbocycles. The standard InChI is InChI=1S/C25H20ClF2N3O2S/c1-15-2-9-20(12-21(15)26)29-24(33)22-13-23(32)31(14-16-3-5-17(27)6-4-16)25(34-22)30-19-10-7-18(28)8-11-19/h2-12,22H,13-14H2,1H3,(H,29,33). The quantitative estimate of drug-likeness (QED) is 0.462. The van der Waals surface area contributed by atoms with Gasteiger partial charge >= 0.3 is 0 Å². The zero-order chi connectivity index (χ0) is 24.2. The minimum Gasteiger partial charge on any atom is -0.325 e. The first-order valence-corrected chi connectivity index (χ1v) is 11.7. The highest BCUT2D eigenvalue weighted by Gasteiger charge is 2.36. The zero-order valence-electron chi connectivity index (χ0n) is 18.1. The monoisotopic (exact) mass is 499 g/mol. The molecule has 0 radical (unpaired) electrons. The molecule has 5 nitrogen and oxygen atoms in total. The maximum absolute atomic E-state index is 13.3. The number of nitrogens with zero attached hydrogens (tertiary/aromatic N) is 2. The van der Waals surface area contributed by atoms with Crippen LogP contribution in [0, 0.1) is 18.6 Å². The van der Waals surface area contributed by atoms with Gasteiger partial charge in [0, 0.05) is 17.1 Å². The van der Waals surface area contributed by atoms with Gasteiger partial charge in [0.25, 0.3) is 0 Å². The second-order valence-electron chi connectivity index (χ2n) is 7.74. The van der Waals surface area contributed by atoms with Gasteiger partial charge in [-0.1, -0.05) is 41.6 Å². The minimum absolute atomic E-state index is 0.0419. The highest BCUT2D eigenvalue weighted by molar-refractivity contribution is 8.15. The highest BCUT2D eigenvalue weighted by atomic mass is 35.5. The van der Waals surface area contributed by atoms with Crippen LogP contribution >= 0.6 is 23.4 Å². The Morgan fingerprint density at radius 3 is 2.38 bits per heavy atom. The van der Waals surface area contributed by atoms with E-state index in [-0.39, 0.29) is 30.6 Å². The Kier molecular flexibility index (Phi) is 7.29. The van der Waals surface area contributed by atoms with Crippen LogP contribution in [0.4, 0.5) is 20.2 Å². The van der Waals surface area contributed by atoms with Crippen LogP contribution in [0.25, 0.3) is 0 Å². The molecule has 1 heterocycles. The number of benzene rings is 3. The molecule has 9 heteroatoms. The van der Waals surface area contributed by atoms with Gasteiger partial charge in [-0.3, -0.25) is 14.5 Å². The van der Waals surface area contributed by atoms with Gasteiger partial charge in [-0.2, -0.15) is 0 Å². The van der Waals surface area contributed by atoms with E-state index in [9.17, 15) is 18.4 Å². The lowest BCUT2D eigenvalue weighted by Crippen LogP contribution is -2.44. The fourth-order valence-electron chi connectivity index (χ4n) is 3.29. The van der Waals surface area contributed by atoms with E-state index >= 15 is 0 Å². The van der Waals surface area contributed by atoms with Gasteiger partial charge < -0.3 is 5.32 Å². The summed E-state index contributed by atoms with van der Waals surface area (Å²) in [6.45, 7) is 2.02. The summed E-state index contributed by atoms with van der Waals surface area (Å²) in [6, 6.07) is 16.5. The van der Waals surface area contributed by atoms with Crippen LogP contribution in [-0.4, -0.2) is 27.1 Å². The van der Waals surface area contributed by atoms with Gasteiger partial charge in [-0.05, 0) is 66.6 Å². The van der Waals surface area contributed by atoms with Crippen LogP contribution in [0.1, 0.15) is 17.5 Å². The Morgan fingerprint density at radius 1 is 1.09 bits per heavy atom. The lowest BCUT2D eigenvalue weighted by molar-refractivity contribution is -0.129. The van der Waals surface area contributed by atoms with Crippen molar-refractivity contribution in [3.63, 3.8) is 0 Å². The van der Waals surface area contributed by atoms with E-state index in [0.29, 0.717) is 27.1 Å². The van der Waals surface area contributed by atoms with Crippen molar-refractivity contribution < 1.29 is 18.4 Å². The number of amidine groups is 1. The molecule has 1 aliphatic rings. The van der Waals surface area contributed by atoms with Crippen molar-refractivity contribution in [2.45, 2.75) is 25.1 Å². The number of halogens is 3. The SMILES string of the molecule is Cc1ccc(NC(=O)C2CC(=O)N(Cc3ccc(F)cc3)C(=Nc3ccc(F)cc3)S2)cc1Cl. The molecule has 0 bridgehead atoms. The molecule has 3 aromatic carbocycles. The number of hydrogen-bond acceptors (Lipinski definition) is 4. The Bertz CT molecular complexity index is 1250. The third-order valence-corrected chi connectivity index (χ3v) is 6.77. The topological polar surface area (TPSA) is 61.8 Å². The minimum atomic E-state index is -0.726. The van der Waals surface area contributed by atoms with Crippen molar-refractivity contribution in [3.8, 4) is 0 Å². The van der Waals surface area contributed by atoms with Crippen molar-refractivity contribution in [1.82, 2.24) is 4.90 Å². The maximum Gasteiger partial charge on any atom is 0.238 e. The summed E-state index contributed by atoms with van der Waals surface area (Å²) in [5, 5.41) is 2.90. The molecule has 1 aliphatic heterocycles. The molecule has 2 amide bonds. The molecule has 174 valence electrons. The highest BCUT2D eigenvalue weighted by Crippen LogP contribution is 2.31. The Labute approximate surface area is 204 Å². The third-order valence-electron chi connectivity index (χ3n) is 5.18. The summed E-state index contributed by atoms with van der Waals surface area (Å²) in [5.41, 5.74) is 2.55. The molecule has 1 N–H and O–H groups in total. The molecule has 1 saturated heterocycles. The molecule has 1 atom stereocenters. The van der Waals surface area contributed by atoms with Crippen LogP contribution in [0.5, 0.6) is 0 Å². The molecule has 4 rings (SSSR count). The number of rotatable bonds is 5. The number of aliphatic imine (C=N–C) groups is 1. The normalized spacial score (nSPS) is 17.2. The number of carbonyl (C=O) groups excluding carboxylic acids is 2. The van der Waals surface area contributed by atoms with Gasteiger partial charge in [0.2, 0.25) is 11.8 Å². The van der Waals surface area contributed by atoms with Crippen LogP contribution in [0.15, 0.2) is 71.7 Å². The molecular formula is C25H20ClF2N3O2S. The number of carbonyl (C=O) groups is 2. The number of anilines is 1. The van der Waals surface area contributed by atoms with Crippen molar-refractivity contribution >= 4 is 51.7 Å². The molecule has 1 unspecified atom stereocenters. The smallest absolute Gasteiger partial charge is 0.238 e. The molecule has 0 saturated carbocycles. The predicted molar refractivity (Wildman–Crippen MR) is 131 cm³/mol. The van der Waals surface area contributed by atoms with Crippen LogP contribution in [0.3, 0.4) is 0 Å². The Hall–Kier alpha value is -3.23. The molecule has 1 fully saturated rings. The lowest BCUT2D eigenvalue weighted by atomic mass is 10.2. The summed E-state index contributed by atoms with van der Waals surface area (Å²) in [7, 11) is 0. The predicted octanol–water partition coefficient (Wildman–Crippen LogP) is 6.09. The molecule has 0 spiro atoms. The average molecular weight is 500 g/mol. The first kappa shape index (κ1) is 23.9. The van der Waals surface area contributed by atoms with E-state index in [2.05, 4.69) is 10.3 Å². The van der Waals surface area contributed by atoms with Gasteiger partial charge in [0.15, 0.2) is 5.17 Å². The van der Waals surface area contributed by atoms with E-state index in [0.717, 1.165) is 17.3 Å². The van der Waals surface area contributed by atoms with E-state index in [1.54, 1.807) is 30.3 Å².